The molecule has 0 aliphatic carbocycles. The van der Waals surface area contributed by atoms with Gasteiger partial charge in [0.2, 0.25) is 0 Å². The molecular weight excluding hydrogens is 372 g/mol. The number of nitrogens with zero attached hydrogens (tertiary/aromatic N) is 3. The highest BCUT2D eigenvalue weighted by Crippen LogP contribution is 2.43. The molecule has 0 fully saturated rings. The quantitative estimate of drug-likeness (QED) is 0.378. The molecule has 138 valence electrons. The summed E-state index contributed by atoms with van der Waals surface area (Å²) in [5.74, 6) is -0.392. The first-order valence-corrected chi connectivity index (χ1v) is 8.84. The Bertz CT molecular complexity index is 700. The summed E-state index contributed by atoms with van der Waals surface area (Å²) < 4.78 is -1.21. The zero-order valence-corrected chi connectivity index (χ0v) is 15.7. The van der Waals surface area contributed by atoms with Crippen LogP contribution in [0.25, 0.3) is 10.4 Å². The summed E-state index contributed by atoms with van der Waals surface area (Å²) in [6, 6.07) is 18.1. The molecule has 0 heterocycles. The number of azide groups is 1. The van der Waals surface area contributed by atoms with Crippen LogP contribution in [0, 0.1) is 0 Å². The molecule has 0 bridgehead atoms. The molecule has 0 aliphatic heterocycles. The van der Waals surface area contributed by atoms with Crippen molar-refractivity contribution in [3.8, 4) is 0 Å². The van der Waals surface area contributed by atoms with E-state index >= 15 is 0 Å². The Balaban J connectivity index is 0.00000338. The van der Waals surface area contributed by atoms with Crippen LogP contribution < -0.4 is 5.73 Å². The third kappa shape index (κ3) is 5.16. The fraction of sp³-hybridized carbons (Fsp3) is 0.278. The maximum absolute atomic E-state index is 12.4. The molecule has 0 unspecified atom stereocenters. The maximum Gasteiger partial charge on any atom is 0.328 e. The van der Waals surface area contributed by atoms with E-state index in [4.69, 9.17) is 11.3 Å². The van der Waals surface area contributed by atoms with E-state index in [9.17, 15) is 9.90 Å². The van der Waals surface area contributed by atoms with Crippen molar-refractivity contribution in [3.63, 3.8) is 0 Å². The Morgan fingerprint density at radius 1 is 1.15 bits per heavy atom. The molecule has 2 aromatic carbocycles. The number of benzene rings is 2. The second-order valence-electron chi connectivity index (χ2n) is 5.53. The molecular formula is C18H21ClN4O2S. The summed E-state index contributed by atoms with van der Waals surface area (Å²) in [7, 11) is 0. The first-order valence-electron chi connectivity index (χ1n) is 7.86. The largest absolute Gasteiger partial charge is 0.480 e. The fourth-order valence-electron chi connectivity index (χ4n) is 2.58. The van der Waals surface area contributed by atoms with Gasteiger partial charge in [-0.3, -0.25) is 0 Å². The Labute approximate surface area is 162 Å². The van der Waals surface area contributed by atoms with Crippen LogP contribution >= 0.6 is 24.2 Å². The first kappa shape index (κ1) is 21.9. The number of aliphatic carboxylic acids is 1. The van der Waals surface area contributed by atoms with Gasteiger partial charge in [0.25, 0.3) is 0 Å². The summed E-state index contributed by atoms with van der Waals surface area (Å²) in [4.78, 5) is 15.1. The number of thioether (sulfide) groups is 1. The molecule has 0 radical (unpaired) electrons. The number of rotatable bonds is 9. The number of halogens is 1. The molecule has 0 aromatic heterocycles. The molecule has 0 saturated heterocycles. The summed E-state index contributed by atoms with van der Waals surface area (Å²) in [5.41, 5.74) is 15.7. The second kappa shape index (κ2) is 10.7. The van der Waals surface area contributed by atoms with E-state index in [2.05, 4.69) is 10.0 Å². The molecule has 0 spiro atoms. The fourth-order valence-corrected chi connectivity index (χ4v) is 4.04. The lowest BCUT2D eigenvalue weighted by Crippen LogP contribution is -2.35. The smallest absolute Gasteiger partial charge is 0.328 e. The van der Waals surface area contributed by atoms with Crippen molar-refractivity contribution in [1.29, 1.82) is 0 Å². The van der Waals surface area contributed by atoms with Gasteiger partial charge in [-0.2, -0.15) is 0 Å². The van der Waals surface area contributed by atoms with Crippen LogP contribution in [0.4, 0.5) is 0 Å². The van der Waals surface area contributed by atoms with Crippen LogP contribution in [0.15, 0.2) is 65.8 Å². The minimum Gasteiger partial charge on any atom is -0.480 e. The predicted octanol–water partition coefficient (Wildman–Crippen LogP) is 4.20. The van der Waals surface area contributed by atoms with Gasteiger partial charge in [-0.05, 0) is 28.8 Å². The van der Waals surface area contributed by atoms with E-state index < -0.39 is 10.7 Å². The number of carboxylic acid groups (broad SMARTS) is 1. The Hall–Kier alpha value is -2.18. The number of hydrogen-bond acceptors (Lipinski definition) is 4. The zero-order valence-electron chi connectivity index (χ0n) is 14.1. The van der Waals surface area contributed by atoms with Crippen LogP contribution in [0.1, 0.15) is 17.5 Å². The molecule has 3 N–H and O–H groups in total. The van der Waals surface area contributed by atoms with Gasteiger partial charge >= 0.3 is 5.97 Å². The standard InChI is InChI=1S/C18H20N4O2S.ClH/c19-16(13-21-22-20)11-12-25-18(17(23)24,14-7-3-1-4-8-14)15-9-5-2-6-10-15;/h1-10,16H,11-13,19H2,(H,23,24);1H/t16-;/m0./s1. The average Bonchev–Trinajstić information content (AvgIpc) is 2.65. The van der Waals surface area contributed by atoms with E-state index in [1.54, 1.807) is 0 Å². The topological polar surface area (TPSA) is 112 Å². The highest BCUT2D eigenvalue weighted by atomic mass is 35.5. The summed E-state index contributed by atoms with van der Waals surface area (Å²) in [5, 5.41) is 13.6. The van der Waals surface area contributed by atoms with Crippen molar-refractivity contribution < 1.29 is 9.90 Å². The predicted molar refractivity (Wildman–Crippen MR) is 108 cm³/mol. The lowest BCUT2D eigenvalue weighted by molar-refractivity contribution is -0.138. The van der Waals surface area contributed by atoms with Crippen LogP contribution in [0.3, 0.4) is 0 Å². The molecule has 0 aliphatic rings. The molecule has 2 rings (SSSR count). The minimum atomic E-state index is -1.21. The maximum atomic E-state index is 12.4. The van der Waals surface area contributed by atoms with Gasteiger partial charge in [-0.1, -0.05) is 65.8 Å². The molecule has 2 aromatic rings. The normalized spacial score (nSPS) is 11.7. The molecule has 0 amide bonds. The van der Waals surface area contributed by atoms with Crippen molar-refractivity contribution >= 4 is 30.1 Å². The van der Waals surface area contributed by atoms with Gasteiger partial charge in [0.05, 0.1) is 0 Å². The van der Waals surface area contributed by atoms with Gasteiger partial charge in [0.15, 0.2) is 4.75 Å². The van der Waals surface area contributed by atoms with Gasteiger partial charge in [0, 0.05) is 17.5 Å². The van der Waals surface area contributed by atoms with E-state index in [1.165, 1.54) is 11.8 Å². The highest BCUT2D eigenvalue weighted by molar-refractivity contribution is 8.01. The Morgan fingerprint density at radius 3 is 2.08 bits per heavy atom. The van der Waals surface area contributed by atoms with Gasteiger partial charge in [-0.15, -0.1) is 24.2 Å². The second-order valence-corrected chi connectivity index (χ2v) is 6.84. The number of hydrogen-bond donors (Lipinski definition) is 2. The van der Waals surface area contributed by atoms with E-state index in [0.717, 1.165) is 0 Å². The lowest BCUT2D eigenvalue weighted by atomic mass is 9.90. The molecule has 0 saturated carbocycles. The molecule has 1 atom stereocenters. The van der Waals surface area contributed by atoms with Gasteiger partial charge < -0.3 is 10.8 Å². The SMILES string of the molecule is Cl.[N-]=[N+]=NC[C@@H](N)CCSC(C(=O)O)(c1ccccc1)c1ccccc1. The summed E-state index contributed by atoms with van der Waals surface area (Å²) in [6.07, 6.45) is 0.554. The average molecular weight is 393 g/mol. The van der Waals surface area contributed by atoms with Crippen molar-refractivity contribution in [2.24, 2.45) is 10.8 Å². The zero-order chi connectivity index (χ0) is 18.1. The minimum absolute atomic E-state index is 0. The highest BCUT2D eigenvalue weighted by Gasteiger charge is 2.42. The van der Waals surface area contributed by atoms with E-state index in [1.807, 2.05) is 60.7 Å². The van der Waals surface area contributed by atoms with Crippen molar-refractivity contribution in [2.45, 2.75) is 17.2 Å². The molecule has 26 heavy (non-hydrogen) atoms. The molecule has 8 heteroatoms. The monoisotopic (exact) mass is 392 g/mol. The van der Waals surface area contributed by atoms with Crippen molar-refractivity contribution in [3.05, 3.63) is 82.2 Å². The van der Waals surface area contributed by atoms with E-state index in [-0.39, 0.29) is 25.0 Å². The lowest BCUT2D eigenvalue weighted by Gasteiger charge is -2.30. The third-order valence-electron chi connectivity index (χ3n) is 3.85. The van der Waals surface area contributed by atoms with Crippen LogP contribution in [-0.2, 0) is 9.54 Å². The first-order chi connectivity index (χ1) is 12.1. The van der Waals surface area contributed by atoms with Gasteiger partial charge in [-0.25, -0.2) is 4.79 Å². The van der Waals surface area contributed by atoms with Crippen molar-refractivity contribution in [2.75, 3.05) is 12.3 Å². The van der Waals surface area contributed by atoms with Crippen LogP contribution in [0.2, 0.25) is 0 Å². The van der Waals surface area contributed by atoms with Crippen LogP contribution in [0.5, 0.6) is 0 Å². The van der Waals surface area contributed by atoms with Gasteiger partial charge in [0.1, 0.15) is 0 Å². The molecule has 6 nitrogen and oxygen atoms in total. The number of carbonyl (C=O) groups is 1. The van der Waals surface area contributed by atoms with E-state index in [0.29, 0.717) is 23.3 Å². The third-order valence-corrected chi connectivity index (χ3v) is 5.37. The Kier molecular flexibility index (Phi) is 9.02. The summed E-state index contributed by atoms with van der Waals surface area (Å²) in [6.45, 7) is 0.202. The number of carboxylic acids is 1. The van der Waals surface area contributed by atoms with Crippen molar-refractivity contribution in [1.82, 2.24) is 0 Å². The Morgan fingerprint density at radius 2 is 1.65 bits per heavy atom. The van der Waals surface area contributed by atoms with Crippen LogP contribution in [-0.4, -0.2) is 29.4 Å². The number of nitrogens with two attached hydrogens (primary N) is 1. The summed E-state index contributed by atoms with van der Waals surface area (Å²) >= 11 is 1.33.